The number of carbonyl (C=O) groups is 2. The number of nitrogens with zero attached hydrogens (tertiary/aromatic N) is 1. The zero-order chi connectivity index (χ0) is 26.6. The fraction of sp³-hybridized carbons (Fsp3) is 0.179. The number of benzene rings is 2. The Morgan fingerprint density at radius 3 is 2.22 bits per heavy atom. The fourth-order valence-corrected chi connectivity index (χ4v) is 3.29. The number of rotatable bonds is 10. The summed E-state index contributed by atoms with van der Waals surface area (Å²) < 4.78 is 0. The molecule has 3 aromatic rings. The van der Waals surface area contributed by atoms with Gasteiger partial charge in [0.05, 0.1) is 18.3 Å². The van der Waals surface area contributed by atoms with Crippen LogP contribution < -0.4 is 21.4 Å². The van der Waals surface area contributed by atoms with Crippen LogP contribution in [0.25, 0.3) is 5.70 Å². The van der Waals surface area contributed by atoms with Crippen molar-refractivity contribution >= 4 is 23.2 Å². The lowest BCUT2D eigenvalue weighted by atomic mass is 10.1. The van der Waals surface area contributed by atoms with Gasteiger partial charge in [-0.15, -0.1) is 0 Å². The maximum Gasteiger partial charge on any atom is 0.268 e. The molecule has 0 fully saturated rings. The van der Waals surface area contributed by atoms with Gasteiger partial charge in [-0.25, -0.2) is 5.48 Å². The molecule has 2 amide bonds. The van der Waals surface area contributed by atoms with Gasteiger partial charge in [-0.2, -0.15) is 0 Å². The van der Waals surface area contributed by atoms with Crippen LogP contribution in [0.3, 0.4) is 0 Å². The van der Waals surface area contributed by atoms with E-state index in [9.17, 15) is 14.7 Å². The van der Waals surface area contributed by atoms with Crippen LogP contribution >= 0.6 is 0 Å². The number of aliphatic hydroxyl groups is 1. The molecule has 0 aliphatic rings. The van der Waals surface area contributed by atoms with E-state index in [0.717, 1.165) is 16.8 Å². The van der Waals surface area contributed by atoms with Gasteiger partial charge in [0.2, 0.25) is 5.91 Å². The molecule has 190 valence electrons. The number of hydrogen-bond acceptors (Lipinski definition) is 7. The Kier molecular flexibility index (Phi) is 9.93. The number of hydrogen-bond donors (Lipinski definition) is 6. The molecule has 1 unspecified atom stereocenters. The third-order valence-electron chi connectivity index (χ3n) is 5.28. The van der Waals surface area contributed by atoms with Crippen molar-refractivity contribution in [1.82, 2.24) is 21.1 Å². The Hall–Kier alpha value is -4.49. The monoisotopic (exact) mass is 499 g/mol. The first-order valence-electron chi connectivity index (χ1n) is 11.6. The number of aromatic nitrogens is 1. The van der Waals surface area contributed by atoms with Gasteiger partial charge in [-0.1, -0.05) is 36.6 Å². The van der Waals surface area contributed by atoms with Crippen molar-refractivity contribution in [2.75, 3.05) is 11.9 Å². The number of carbonyl (C=O) groups excluding carboxylic acids is 2. The number of pyridine rings is 1. The lowest BCUT2D eigenvalue weighted by Gasteiger charge is -2.21. The fourth-order valence-electron chi connectivity index (χ4n) is 3.29. The van der Waals surface area contributed by atoms with Crippen molar-refractivity contribution in [3.8, 4) is 11.8 Å². The molecule has 0 bridgehead atoms. The minimum atomic E-state index is -1.05. The summed E-state index contributed by atoms with van der Waals surface area (Å²) >= 11 is 0. The van der Waals surface area contributed by atoms with Gasteiger partial charge < -0.3 is 21.1 Å². The molecule has 0 aliphatic carbocycles. The summed E-state index contributed by atoms with van der Waals surface area (Å²) in [6.07, 6.45) is 0.673. The van der Waals surface area contributed by atoms with Crippen LogP contribution in [0.4, 0.5) is 5.69 Å². The molecule has 9 heteroatoms. The van der Waals surface area contributed by atoms with Gasteiger partial charge >= 0.3 is 0 Å². The highest BCUT2D eigenvalue weighted by Gasteiger charge is 2.23. The first kappa shape index (κ1) is 27.1. The van der Waals surface area contributed by atoms with Crippen LogP contribution in [0, 0.1) is 11.8 Å². The molecule has 0 saturated heterocycles. The molecule has 6 N–H and O–H groups in total. The standard InChI is InChI=1S/C28H29N5O4/c1-19(31-27(20(2)34)28(36)33-37)23-12-8-21(9-13-23)6-7-22-10-14-24(15-11-22)32-26(35)18-29-17-25-5-3-4-16-30-25/h3-5,8-16,20,27,29,31,34,37H,1,17-18H2,2H3,(H,32,35)(H,33,36)/t20-,27?/m1/s1. The Labute approximate surface area is 215 Å². The number of anilines is 1. The zero-order valence-corrected chi connectivity index (χ0v) is 20.4. The van der Waals surface area contributed by atoms with Crippen molar-refractivity contribution in [2.45, 2.75) is 25.6 Å². The summed E-state index contributed by atoms with van der Waals surface area (Å²) in [7, 11) is 0. The Balaban J connectivity index is 1.51. The van der Waals surface area contributed by atoms with E-state index in [1.807, 2.05) is 42.5 Å². The van der Waals surface area contributed by atoms with Crippen molar-refractivity contribution in [2.24, 2.45) is 0 Å². The Morgan fingerprint density at radius 1 is 1.00 bits per heavy atom. The topological polar surface area (TPSA) is 136 Å². The molecule has 9 nitrogen and oxygen atoms in total. The molecule has 0 saturated carbocycles. The van der Waals surface area contributed by atoms with E-state index in [4.69, 9.17) is 5.21 Å². The summed E-state index contributed by atoms with van der Waals surface area (Å²) in [4.78, 5) is 28.0. The summed E-state index contributed by atoms with van der Waals surface area (Å²) in [6.45, 7) is 6.00. The SMILES string of the molecule is C=C(NC(C(=O)NO)[C@@H](C)O)c1ccc(C#Cc2ccc(NC(=O)CNCc3ccccn3)cc2)cc1. The molecule has 3 rings (SSSR count). The predicted octanol–water partition coefficient (Wildman–Crippen LogP) is 2.02. The summed E-state index contributed by atoms with van der Waals surface area (Å²) in [5, 5.41) is 27.3. The van der Waals surface area contributed by atoms with E-state index < -0.39 is 18.1 Å². The summed E-state index contributed by atoms with van der Waals surface area (Å²) in [5.41, 5.74) is 5.75. The Bertz CT molecular complexity index is 1260. The molecule has 37 heavy (non-hydrogen) atoms. The van der Waals surface area contributed by atoms with E-state index in [2.05, 4.69) is 39.4 Å². The number of amides is 2. The molecule has 2 atom stereocenters. The highest BCUT2D eigenvalue weighted by atomic mass is 16.5. The average molecular weight is 500 g/mol. The van der Waals surface area contributed by atoms with E-state index >= 15 is 0 Å². The van der Waals surface area contributed by atoms with Gasteiger partial charge in [0, 0.05) is 35.3 Å². The van der Waals surface area contributed by atoms with Crippen molar-refractivity contribution in [3.63, 3.8) is 0 Å². The van der Waals surface area contributed by atoms with Crippen molar-refractivity contribution < 1.29 is 19.9 Å². The normalized spacial score (nSPS) is 11.9. The van der Waals surface area contributed by atoms with Crippen molar-refractivity contribution in [3.05, 3.63) is 102 Å². The number of aliphatic hydroxyl groups excluding tert-OH is 1. The van der Waals surface area contributed by atoms with E-state index in [1.54, 1.807) is 30.5 Å². The zero-order valence-electron chi connectivity index (χ0n) is 20.4. The lowest BCUT2D eigenvalue weighted by molar-refractivity contribution is -0.133. The molecular formula is C28H29N5O4. The first-order valence-corrected chi connectivity index (χ1v) is 11.6. The first-order chi connectivity index (χ1) is 17.9. The largest absolute Gasteiger partial charge is 0.391 e. The minimum absolute atomic E-state index is 0.150. The van der Waals surface area contributed by atoms with Crippen LogP contribution in [0.1, 0.15) is 29.3 Å². The van der Waals surface area contributed by atoms with Crippen molar-refractivity contribution in [1.29, 1.82) is 0 Å². The molecular weight excluding hydrogens is 470 g/mol. The lowest BCUT2D eigenvalue weighted by Crippen LogP contribution is -2.48. The highest BCUT2D eigenvalue weighted by Crippen LogP contribution is 2.13. The molecule has 0 spiro atoms. The summed E-state index contributed by atoms with van der Waals surface area (Å²) in [6, 6.07) is 19.0. The molecule has 0 radical (unpaired) electrons. The third kappa shape index (κ3) is 8.59. The smallest absolute Gasteiger partial charge is 0.268 e. The van der Waals surface area contributed by atoms with Crippen LogP contribution in [0.2, 0.25) is 0 Å². The number of nitrogens with one attached hydrogen (secondary N) is 4. The quantitative estimate of drug-likeness (QED) is 0.143. The van der Waals surface area contributed by atoms with Gasteiger partial charge in [-0.05, 0) is 61.0 Å². The van der Waals surface area contributed by atoms with Crippen LogP contribution in [0.5, 0.6) is 0 Å². The van der Waals surface area contributed by atoms with Gasteiger partial charge in [0.25, 0.3) is 5.91 Å². The second-order valence-corrected chi connectivity index (χ2v) is 8.19. The van der Waals surface area contributed by atoms with E-state index in [1.165, 1.54) is 12.4 Å². The second kappa shape index (κ2) is 13.6. The average Bonchev–Trinajstić information content (AvgIpc) is 2.91. The Morgan fingerprint density at radius 2 is 1.65 bits per heavy atom. The molecule has 1 aromatic heterocycles. The van der Waals surface area contributed by atoms with E-state index in [0.29, 0.717) is 23.5 Å². The maximum atomic E-state index is 12.1. The van der Waals surface area contributed by atoms with Gasteiger partial charge in [0.15, 0.2) is 0 Å². The highest BCUT2D eigenvalue weighted by molar-refractivity contribution is 5.92. The molecule has 0 aliphatic heterocycles. The van der Waals surface area contributed by atoms with Gasteiger partial charge in [-0.3, -0.25) is 19.8 Å². The predicted molar refractivity (Wildman–Crippen MR) is 141 cm³/mol. The molecule has 1 heterocycles. The number of hydroxylamine groups is 1. The van der Waals surface area contributed by atoms with Crippen LogP contribution in [0.15, 0.2) is 79.5 Å². The second-order valence-electron chi connectivity index (χ2n) is 8.19. The minimum Gasteiger partial charge on any atom is -0.391 e. The van der Waals surface area contributed by atoms with E-state index in [-0.39, 0.29) is 12.5 Å². The van der Waals surface area contributed by atoms with Crippen LogP contribution in [-0.4, -0.2) is 45.8 Å². The maximum absolute atomic E-state index is 12.1. The third-order valence-corrected chi connectivity index (χ3v) is 5.28. The van der Waals surface area contributed by atoms with Gasteiger partial charge in [0.1, 0.15) is 6.04 Å². The summed E-state index contributed by atoms with van der Waals surface area (Å²) in [5.74, 6) is 5.24. The van der Waals surface area contributed by atoms with Crippen LogP contribution in [-0.2, 0) is 16.1 Å². The molecule has 2 aromatic carbocycles.